The quantitative estimate of drug-likeness (QED) is 0.727. The summed E-state index contributed by atoms with van der Waals surface area (Å²) in [6.45, 7) is 3.58. The first kappa shape index (κ1) is 12.4. The van der Waals surface area contributed by atoms with E-state index in [-0.39, 0.29) is 23.9 Å². The number of phenolic OH excluding ortho intramolecular Hbond substituents is 1. The van der Waals surface area contributed by atoms with Gasteiger partial charge in [-0.1, -0.05) is 19.1 Å². The molecule has 1 fully saturated rings. The van der Waals surface area contributed by atoms with Crippen LogP contribution in [0.15, 0.2) is 24.3 Å². The number of phenols is 1. The van der Waals surface area contributed by atoms with Gasteiger partial charge in [0.05, 0.1) is 12.3 Å². The molecule has 1 heterocycles. The van der Waals surface area contributed by atoms with Crippen LogP contribution < -0.4 is 5.73 Å². The van der Waals surface area contributed by atoms with Crippen molar-refractivity contribution in [3.05, 3.63) is 29.8 Å². The highest BCUT2D eigenvalue weighted by Gasteiger charge is 2.28. The summed E-state index contributed by atoms with van der Waals surface area (Å²) in [5, 5.41) is 18.8. The van der Waals surface area contributed by atoms with Gasteiger partial charge in [-0.25, -0.2) is 0 Å². The Hall–Kier alpha value is -1.10. The Balaban J connectivity index is 2.04. The second-order valence-corrected chi connectivity index (χ2v) is 4.81. The lowest BCUT2D eigenvalue weighted by molar-refractivity contribution is 0.152. The molecule has 1 unspecified atom stereocenters. The SMILES string of the molecule is C[C@@H](c1ccc(O)cc1)C(N)N1CC[C@H](O)C1. The molecule has 1 aliphatic rings. The number of aliphatic hydroxyl groups is 1. The Morgan fingerprint density at radius 3 is 2.53 bits per heavy atom. The largest absolute Gasteiger partial charge is 0.508 e. The second kappa shape index (κ2) is 5.04. The smallest absolute Gasteiger partial charge is 0.115 e. The molecule has 94 valence electrons. The number of rotatable bonds is 3. The van der Waals surface area contributed by atoms with E-state index in [9.17, 15) is 10.2 Å². The number of aliphatic hydroxyl groups excluding tert-OH is 1. The number of β-amino-alcohol motifs (C(OH)–C–C–N with tert-alkyl or cyclic N) is 1. The Morgan fingerprint density at radius 2 is 2.00 bits per heavy atom. The van der Waals surface area contributed by atoms with Gasteiger partial charge in [0, 0.05) is 19.0 Å². The average molecular weight is 236 g/mol. The van der Waals surface area contributed by atoms with Gasteiger partial charge in [-0.3, -0.25) is 4.90 Å². The lowest BCUT2D eigenvalue weighted by atomic mass is 9.97. The minimum atomic E-state index is -0.243. The fourth-order valence-electron chi connectivity index (χ4n) is 2.33. The van der Waals surface area contributed by atoms with Crippen molar-refractivity contribution in [2.45, 2.75) is 31.5 Å². The standard InChI is InChI=1S/C13H20N2O2/c1-9(10-2-4-11(16)5-3-10)13(14)15-7-6-12(17)8-15/h2-5,9,12-13,16-17H,6-8,14H2,1H3/t9-,12-,13?/m0/s1. The Bertz CT molecular complexity index is 366. The van der Waals surface area contributed by atoms with E-state index < -0.39 is 0 Å². The molecule has 0 saturated carbocycles. The van der Waals surface area contributed by atoms with Crippen molar-refractivity contribution in [3.63, 3.8) is 0 Å². The van der Waals surface area contributed by atoms with Gasteiger partial charge in [0.1, 0.15) is 5.75 Å². The zero-order valence-electron chi connectivity index (χ0n) is 10.1. The van der Waals surface area contributed by atoms with Crippen LogP contribution in [0.1, 0.15) is 24.8 Å². The van der Waals surface area contributed by atoms with Crippen LogP contribution in [0.4, 0.5) is 0 Å². The van der Waals surface area contributed by atoms with Crippen molar-refractivity contribution in [3.8, 4) is 5.75 Å². The van der Waals surface area contributed by atoms with Gasteiger partial charge >= 0.3 is 0 Å². The van der Waals surface area contributed by atoms with Gasteiger partial charge in [0.15, 0.2) is 0 Å². The van der Waals surface area contributed by atoms with Crippen molar-refractivity contribution in [1.82, 2.24) is 4.90 Å². The molecule has 0 aromatic heterocycles. The van der Waals surface area contributed by atoms with Crippen LogP contribution >= 0.6 is 0 Å². The summed E-state index contributed by atoms with van der Waals surface area (Å²) < 4.78 is 0. The average Bonchev–Trinajstić information content (AvgIpc) is 2.75. The van der Waals surface area contributed by atoms with E-state index in [2.05, 4.69) is 11.8 Å². The predicted octanol–water partition coefficient (Wildman–Crippen LogP) is 0.847. The van der Waals surface area contributed by atoms with Crippen molar-refractivity contribution in [2.24, 2.45) is 5.73 Å². The Morgan fingerprint density at radius 1 is 1.35 bits per heavy atom. The molecule has 1 aliphatic heterocycles. The molecule has 3 atom stereocenters. The fourth-order valence-corrected chi connectivity index (χ4v) is 2.33. The van der Waals surface area contributed by atoms with Crippen LogP contribution in [0.5, 0.6) is 5.75 Å². The number of hydrogen-bond donors (Lipinski definition) is 3. The maximum Gasteiger partial charge on any atom is 0.115 e. The van der Waals surface area contributed by atoms with E-state index in [0.717, 1.165) is 18.5 Å². The summed E-state index contributed by atoms with van der Waals surface area (Å²) in [6.07, 6.45) is 0.473. The Labute approximate surface area is 102 Å². The number of aromatic hydroxyl groups is 1. The van der Waals surface area contributed by atoms with Gasteiger partial charge in [-0.15, -0.1) is 0 Å². The first-order valence-electron chi connectivity index (χ1n) is 6.04. The molecule has 4 heteroatoms. The summed E-state index contributed by atoms with van der Waals surface area (Å²) in [4.78, 5) is 2.11. The topological polar surface area (TPSA) is 69.7 Å². The second-order valence-electron chi connectivity index (χ2n) is 4.81. The third-order valence-corrected chi connectivity index (χ3v) is 3.55. The maximum atomic E-state index is 9.51. The molecular formula is C13H20N2O2. The van der Waals surface area contributed by atoms with Crippen LogP contribution in [-0.4, -0.2) is 40.5 Å². The Kier molecular flexibility index (Phi) is 3.66. The number of hydrogen-bond acceptors (Lipinski definition) is 4. The minimum absolute atomic E-state index is 0.0864. The van der Waals surface area contributed by atoms with Crippen LogP contribution in [0.25, 0.3) is 0 Å². The van der Waals surface area contributed by atoms with Gasteiger partial charge in [0.25, 0.3) is 0 Å². The monoisotopic (exact) mass is 236 g/mol. The molecule has 1 saturated heterocycles. The van der Waals surface area contributed by atoms with Crippen molar-refractivity contribution < 1.29 is 10.2 Å². The van der Waals surface area contributed by atoms with E-state index in [1.165, 1.54) is 0 Å². The number of benzene rings is 1. The highest BCUT2D eigenvalue weighted by Crippen LogP contribution is 2.24. The zero-order valence-corrected chi connectivity index (χ0v) is 10.1. The number of nitrogens with zero attached hydrogens (tertiary/aromatic N) is 1. The van der Waals surface area contributed by atoms with Crippen molar-refractivity contribution in [2.75, 3.05) is 13.1 Å². The highest BCUT2D eigenvalue weighted by atomic mass is 16.3. The van der Waals surface area contributed by atoms with Crippen LogP contribution in [0, 0.1) is 0 Å². The predicted molar refractivity (Wildman–Crippen MR) is 66.7 cm³/mol. The summed E-state index contributed by atoms with van der Waals surface area (Å²) in [5.74, 6) is 0.451. The molecular weight excluding hydrogens is 216 g/mol. The number of nitrogens with two attached hydrogens (primary N) is 1. The van der Waals surface area contributed by atoms with E-state index >= 15 is 0 Å². The van der Waals surface area contributed by atoms with E-state index in [1.54, 1.807) is 12.1 Å². The molecule has 0 radical (unpaired) electrons. The molecule has 17 heavy (non-hydrogen) atoms. The van der Waals surface area contributed by atoms with Crippen molar-refractivity contribution in [1.29, 1.82) is 0 Å². The van der Waals surface area contributed by atoms with Gasteiger partial charge in [0.2, 0.25) is 0 Å². The lowest BCUT2D eigenvalue weighted by Crippen LogP contribution is -2.44. The third kappa shape index (κ3) is 2.77. The zero-order chi connectivity index (χ0) is 12.4. The van der Waals surface area contributed by atoms with Crippen molar-refractivity contribution >= 4 is 0 Å². The number of likely N-dealkylation sites (tertiary alicyclic amines) is 1. The molecule has 4 N–H and O–H groups in total. The highest BCUT2D eigenvalue weighted by molar-refractivity contribution is 5.28. The fraction of sp³-hybridized carbons (Fsp3) is 0.538. The molecule has 0 spiro atoms. The normalized spacial score (nSPS) is 24.8. The van der Waals surface area contributed by atoms with E-state index in [0.29, 0.717) is 6.54 Å². The van der Waals surface area contributed by atoms with E-state index in [4.69, 9.17) is 5.73 Å². The summed E-state index contributed by atoms with van der Waals surface area (Å²) in [7, 11) is 0. The minimum Gasteiger partial charge on any atom is -0.508 e. The summed E-state index contributed by atoms with van der Waals surface area (Å²) in [5.41, 5.74) is 7.32. The maximum absolute atomic E-state index is 9.51. The first-order chi connectivity index (χ1) is 8.08. The molecule has 1 aromatic rings. The van der Waals surface area contributed by atoms with Crippen LogP contribution in [-0.2, 0) is 0 Å². The molecule has 4 nitrogen and oxygen atoms in total. The summed E-state index contributed by atoms with van der Waals surface area (Å²) in [6, 6.07) is 7.15. The van der Waals surface area contributed by atoms with Crippen LogP contribution in [0.3, 0.4) is 0 Å². The lowest BCUT2D eigenvalue weighted by Gasteiger charge is -2.29. The molecule has 1 aromatic carbocycles. The third-order valence-electron chi connectivity index (χ3n) is 3.55. The van der Waals surface area contributed by atoms with Gasteiger partial charge in [-0.05, 0) is 24.1 Å². The van der Waals surface area contributed by atoms with Gasteiger partial charge in [-0.2, -0.15) is 0 Å². The summed E-state index contributed by atoms with van der Waals surface area (Å²) >= 11 is 0. The van der Waals surface area contributed by atoms with E-state index in [1.807, 2.05) is 12.1 Å². The van der Waals surface area contributed by atoms with Gasteiger partial charge < -0.3 is 15.9 Å². The first-order valence-corrected chi connectivity index (χ1v) is 6.04. The molecule has 0 aliphatic carbocycles. The van der Waals surface area contributed by atoms with Crippen LogP contribution in [0.2, 0.25) is 0 Å². The molecule has 2 rings (SSSR count). The molecule has 0 bridgehead atoms. The molecule has 0 amide bonds.